The van der Waals surface area contributed by atoms with Gasteiger partial charge in [-0.05, 0) is 0 Å². The second-order valence-corrected chi connectivity index (χ2v) is 4.50. The zero-order valence-electron chi connectivity index (χ0n) is 9.54. The highest BCUT2D eigenvalue weighted by molar-refractivity contribution is 6.53. The number of fused-ring (bicyclic) bond motifs is 5. The molecule has 6 nitrogen and oxygen atoms in total. The maximum Gasteiger partial charge on any atom is 0.346 e. The first-order chi connectivity index (χ1) is 9.12. The maximum absolute atomic E-state index is 12.2. The molecular weight excluding hydrogens is 246 g/mol. The fraction of sp³-hybridized carbons (Fsp3) is 0.0769. The molecule has 0 amide bonds. The van der Waals surface area contributed by atoms with E-state index in [9.17, 15) is 14.7 Å². The van der Waals surface area contributed by atoms with Gasteiger partial charge in [0, 0.05) is 17.3 Å². The van der Waals surface area contributed by atoms with Crippen LogP contribution in [0.25, 0.3) is 0 Å². The topological polar surface area (TPSA) is 95.4 Å². The van der Waals surface area contributed by atoms with Gasteiger partial charge in [0.25, 0.3) is 0 Å². The van der Waals surface area contributed by atoms with Crippen LogP contribution in [-0.4, -0.2) is 26.6 Å². The Morgan fingerprint density at radius 1 is 1.16 bits per heavy atom. The van der Waals surface area contributed by atoms with Crippen molar-refractivity contribution in [1.82, 2.24) is 9.97 Å². The minimum Gasteiger partial charge on any atom is -0.374 e. The first kappa shape index (κ1) is 10.3. The van der Waals surface area contributed by atoms with E-state index >= 15 is 0 Å². The first-order valence-corrected chi connectivity index (χ1v) is 5.68. The minimum absolute atomic E-state index is 0.0207. The second kappa shape index (κ2) is 3.04. The van der Waals surface area contributed by atoms with Crippen molar-refractivity contribution in [2.24, 2.45) is 4.99 Å². The summed E-state index contributed by atoms with van der Waals surface area (Å²) in [5, 5.41) is 10.9. The lowest BCUT2D eigenvalue weighted by atomic mass is 9.90. The van der Waals surface area contributed by atoms with E-state index in [1.165, 1.54) is 6.20 Å². The highest BCUT2D eigenvalue weighted by Crippen LogP contribution is 2.47. The van der Waals surface area contributed by atoms with Crippen LogP contribution in [0.1, 0.15) is 21.5 Å². The third-order valence-electron chi connectivity index (χ3n) is 3.52. The van der Waals surface area contributed by atoms with E-state index in [4.69, 9.17) is 0 Å². The summed E-state index contributed by atoms with van der Waals surface area (Å²) in [5.41, 5.74) is -0.896. The van der Waals surface area contributed by atoms with Crippen LogP contribution in [0.5, 0.6) is 0 Å². The van der Waals surface area contributed by atoms with E-state index in [0.717, 1.165) is 0 Å². The molecule has 0 spiro atoms. The van der Waals surface area contributed by atoms with Gasteiger partial charge in [-0.15, -0.1) is 0 Å². The smallest absolute Gasteiger partial charge is 0.346 e. The van der Waals surface area contributed by atoms with Crippen molar-refractivity contribution in [2.45, 2.75) is 5.60 Å². The van der Waals surface area contributed by atoms with Crippen LogP contribution in [0.3, 0.4) is 0 Å². The van der Waals surface area contributed by atoms with Crippen LogP contribution in [-0.2, 0) is 5.60 Å². The van der Waals surface area contributed by atoms with Gasteiger partial charge in [-0.25, -0.2) is 14.8 Å². The predicted molar refractivity (Wildman–Crippen MR) is 65.7 cm³/mol. The minimum atomic E-state index is -1.60. The molecule has 2 N–H and O–H groups in total. The van der Waals surface area contributed by atoms with Crippen LogP contribution in [0.2, 0.25) is 0 Å². The molecule has 1 aliphatic carbocycles. The molecule has 0 radical (unpaired) electrons. The Labute approximate surface area is 106 Å². The van der Waals surface area contributed by atoms with E-state index in [2.05, 4.69) is 15.0 Å². The van der Waals surface area contributed by atoms with E-state index in [-0.39, 0.29) is 17.3 Å². The van der Waals surface area contributed by atoms with E-state index < -0.39 is 11.3 Å². The van der Waals surface area contributed by atoms with Gasteiger partial charge >= 0.3 is 5.69 Å². The molecule has 1 aromatic heterocycles. The Bertz CT molecular complexity index is 837. The Hall–Kier alpha value is -2.60. The Morgan fingerprint density at radius 2 is 1.95 bits per heavy atom. The Kier molecular flexibility index (Phi) is 1.65. The number of carbonyl (C=O) groups excluding carboxylic acids is 1. The SMILES string of the molecule is O=C1C2=Nc3[nH]c(=O)ncc3C2(O)c2ccccc21. The van der Waals surface area contributed by atoms with E-state index in [1.54, 1.807) is 24.3 Å². The molecule has 1 atom stereocenters. The summed E-state index contributed by atoms with van der Waals surface area (Å²) in [6.45, 7) is 0. The molecule has 0 fully saturated rings. The number of ketones is 1. The van der Waals surface area contributed by atoms with Crippen molar-refractivity contribution in [2.75, 3.05) is 0 Å². The summed E-state index contributed by atoms with van der Waals surface area (Å²) in [6.07, 6.45) is 1.26. The van der Waals surface area contributed by atoms with Crippen molar-refractivity contribution in [3.63, 3.8) is 0 Å². The van der Waals surface area contributed by atoms with Crippen molar-refractivity contribution >= 4 is 17.3 Å². The Balaban J connectivity index is 2.11. The van der Waals surface area contributed by atoms with Crippen LogP contribution in [0.4, 0.5) is 5.82 Å². The lowest BCUT2D eigenvalue weighted by Gasteiger charge is -2.19. The summed E-state index contributed by atoms with van der Waals surface area (Å²) in [6, 6.07) is 6.79. The number of aliphatic hydroxyl groups is 1. The van der Waals surface area contributed by atoms with Crippen molar-refractivity contribution in [3.8, 4) is 0 Å². The Morgan fingerprint density at radius 3 is 2.79 bits per heavy atom. The average molecular weight is 253 g/mol. The van der Waals surface area contributed by atoms with Crippen LogP contribution in [0, 0.1) is 0 Å². The number of aromatic amines is 1. The average Bonchev–Trinajstić information content (AvgIpc) is 2.81. The molecule has 2 aromatic rings. The molecule has 6 heteroatoms. The normalized spacial score (nSPS) is 22.8. The first-order valence-electron chi connectivity index (χ1n) is 5.68. The van der Waals surface area contributed by atoms with E-state index in [0.29, 0.717) is 16.7 Å². The molecule has 2 heterocycles. The molecule has 0 bridgehead atoms. The number of carbonyl (C=O) groups is 1. The monoisotopic (exact) mass is 253 g/mol. The zero-order valence-corrected chi connectivity index (χ0v) is 9.54. The van der Waals surface area contributed by atoms with Gasteiger partial charge < -0.3 is 5.11 Å². The largest absolute Gasteiger partial charge is 0.374 e. The quantitative estimate of drug-likeness (QED) is 0.705. The molecule has 1 unspecified atom stereocenters. The molecule has 0 saturated carbocycles. The maximum atomic E-state index is 12.2. The summed E-state index contributed by atoms with van der Waals surface area (Å²) >= 11 is 0. The number of nitrogens with zero attached hydrogens (tertiary/aromatic N) is 2. The van der Waals surface area contributed by atoms with Crippen molar-refractivity contribution in [3.05, 3.63) is 57.6 Å². The van der Waals surface area contributed by atoms with Gasteiger partial charge in [-0.1, -0.05) is 24.3 Å². The van der Waals surface area contributed by atoms with Gasteiger partial charge in [0.15, 0.2) is 5.60 Å². The highest BCUT2D eigenvalue weighted by Gasteiger charge is 2.54. The number of hydrogen-bond acceptors (Lipinski definition) is 5. The fourth-order valence-corrected chi connectivity index (χ4v) is 2.67. The van der Waals surface area contributed by atoms with Gasteiger partial charge in [-0.3, -0.25) is 9.78 Å². The number of aromatic nitrogens is 2. The third-order valence-corrected chi connectivity index (χ3v) is 3.52. The number of H-pyrrole nitrogens is 1. The third kappa shape index (κ3) is 1.05. The van der Waals surface area contributed by atoms with Gasteiger partial charge in [0.05, 0.1) is 5.56 Å². The van der Waals surface area contributed by atoms with Crippen LogP contribution in [0.15, 0.2) is 40.2 Å². The predicted octanol–water partition coefficient (Wildman–Crippen LogP) is 0.288. The fourth-order valence-electron chi connectivity index (χ4n) is 2.67. The number of nitrogens with one attached hydrogen (secondary N) is 1. The lowest BCUT2D eigenvalue weighted by Crippen LogP contribution is -2.32. The second-order valence-electron chi connectivity index (χ2n) is 4.50. The number of benzene rings is 1. The number of hydrogen-bond donors (Lipinski definition) is 2. The van der Waals surface area contributed by atoms with Crippen molar-refractivity contribution < 1.29 is 9.90 Å². The zero-order chi connectivity index (χ0) is 13.2. The summed E-state index contributed by atoms with van der Waals surface area (Å²) < 4.78 is 0. The summed E-state index contributed by atoms with van der Waals surface area (Å²) in [4.78, 5) is 33.5. The van der Waals surface area contributed by atoms with Gasteiger partial charge in [-0.2, -0.15) is 0 Å². The number of aliphatic imine (C=N–C) groups is 1. The van der Waals surface area contributed by atoms with Crippen LogP contribution >= 0.6 is 0 Å². The molecule has 0 saturated heterocycles. The molecule has 92 valence electrons. The highest BCUT2D eigenvalue weighted by atomic mass is 16.3. The number of Topliss-reactive ketones (excluding diaryl/α,β-unsaturated/α-hetero) is 1. The molecule has 1 aromatic carbocycles. The lowest BCUT2D eigenvalue weighted by molar-refractivity contribution is 0.105. The standard InChI is InChI=1S/C13H7N3O3/c17-9-6-3-1-2-4-7(6)13(19)8-5-14-12(18)16-11(8)15-10(9)13/h1-5,19H,(H,14,16,18). The van der Waals surface area contributed by atoms with E-state index in [1.807, 2.05) is 0 Å². The van der Waals surface area contributed by atoms with Gasteiger partial charge in [0.2, 0.25) is 5.78 Å². The number of rotatable bonds is 0. The molecule has 2 aliphatic rings. The molecular formula is C13H7N3O3. The molecule has 4 rings (SSSR count). The van der Waals surface area contributed by atoms with Gasteiger partial charge in [0.1, 0.15) is 11.5 Å². The summed E-state index contributed by atoms with van der Waals surface area (Å²) in [7, 11) is 0. The molecule has 1 aliphatic heterocycles. The van der Waals surface area contributed by atoms with Crippen molar-refractivity contribution in [1.29, 1.82) is 0 Å². The van der Waals surface area contributed by atoms with Crippen LogP contribution < -0.4 is 5.69 Å². The summed E-state index contributed by atoms with van der Waals surface area (Å²) in [5.74, 6) is -0.129. The molecule has 19 heavy (non-hydrogen) atoms.